The number of carbonyl (C=O) groups is 1. The number of halogens is 1. The van der Waals surface area contributed by atoms with E-state index in [2.05, 4.69) is 15.9 Å². The van der Waals surface area contributed by atoms with Gasteiger partial charge < -0.3 is 15.2 Å². The number of rotatable bonds is 2. The lowest BCUT2D eigenvalue weighted by Gasteiger charge is -2.35. The molecule has 17 heavy (non-hydrogen) atoms. The zero-order valence-corrected chi connectivity index (χ0v) is 11.6. The van der Waals surface area contributed by atoms with E-state index in [9.17, 15) is 4.79 Å². The summed E-state index contributed by atoms with van der Waals surface area (Å²) in [5.41, 5.74) is 6.46. The van der Waals surface area contributed by atoms with E-state index >= 15 is 0 Å². The topological polar surface area (TPSA) is 51.3 Å². The first-order valence-electron chi connectivity index (χ1n) is 5.96. The molecule has 4 nitrogen and oxygen atoms in total. The summed E-state index contributed by atoms with van der Waals surface area (Å²) >= 11 is 3.39. The second-order valence-electron chi connectivity index (χ2n) is 4.54. The SMILES string of the molecule is Cn1cc(Br)cc1C(=O)N1CCCC[C@@H]1CN. The lowest BCUT2D eigenvalue weighted by Crippen LogP contribution is -2.47. The fourth-order valence-corrected chi connectivity index (χ4v) is 2.92. The van der Waals surface area contributed by atoms with Crippen molar-refractivity contribution in [2.45, 2.75) is 25.3 Å². The van der Waals surface area contributed by atoms with E-state index in [-0.39, 0.29) is 11.9 Å². The van der Waals surface area contributed by atoms with Crippen LogP contribution in [-0.2, 0) is 7.05 Å². The first-order valence-corrected chi connectivity index (χ1v) is 6.75. The van der Waals surface area contributed by atoms with E-state index in [0.717, 1.165) is 29.6 Å². The number of amides is 1. The quantitative estimate of drug-likeness (QED) is 0.904. The van der Waals surface area contributed by atoms with Gasteiger partial charge in [0.2, 0.25) is 0 Å². The average Bonchev–Trinajstić information content (AvgIpc) is 2.67. The summed E-state index contributed by atoms with van der Waals surface area (Å²) in [6, 6.07) is 2.06. The van der Waals surface area contributed by atoms with Crippen molar-refractivity contribution in [1.82, 2.24) is 9.47 Å². The second-order valence-corrected chi connectivity index (χ2v) is 5.45. The molecule has 94 valence electrons. The molecule has 1 fully saturated rings. The summed E-state index contributed by atoms with van der Waals surface area (Å²) in [7, 11) is 1.89. The molecule has 0 aromatic carbocycles. The first kappa shape index (κ1) is 12.6. The van der Waals surface area contributed by atoms with Crippen molar-refractivity contribution in [2.24, 2.45) is 12.8 Å². The molecular formula is C12H18BrN3O. The first-order chi connectivity index (χ1) is 8.13. The Bertz CT molecular complexity index is 416. The Hall–Kier alpha value is -0.810. The van der Waals surface area contributed by atoms with Gasteiger partial charge in [-0.15, -0.1) is 0 Å². The molecule has 5 heteroatoms. The van der Waals surface area contributed by atoms with E-state index < -0.39 is 0 Å². The summed E-state index contributed by atoms with van der Waals surface area (Å²) in [5, 5.41) is 0. The number of hydrogen-bond donors (Lipinski definition) is 1. The number of likely N-dealkylation sites (tertiary alicyclic amines) is 1. The molecule has 1 atom stereocenters. The lowest BCUT2D eigenvalue weighted by atomic mass is 10.0. The molecule has 0 unspecified atom stereocenters. The van der Waals surface area contributed by atoms with Crippen LogP contribution in [-0.4, -0.2) is 34.5 Å². The van der Waals surface area contributed by atoms with Crippen molar-refractivity contribution in [3.63, 3.8) is 0 Å². The predicted molar refractivity (Wildman–Crippen MR) is 70.8 cm³/mol. The van der Waals surface area contributed by atoms with Gasteiger partial charge in [-0.25, -0.2) is 0 Å². The van der Waals surface area contributed by atoms with Gasteiger partial charge in [0.15, 0.2) is 0 Å². The van der Waals surface area contributed by atoms with Crippen LogP contribution in [0.5, 0.6) is 0 Å². The van der Waals surface area contributed by atoms with Crippen LogP contribution in [0.2, 0.25) is 0 Å². The summed E-state index contributed by atoms with van der Waals surface area (Å²) in [4.78, 5) is 14.4. The van der Waals surface area contributed by atoms with E-state index in [0.29, 0.717) is 6.54 Å². The molecule has 1 aromatic rings. The van der Waals surface area contributed by atoms with Crippen LogP contribution >= 0.6 is 15.9 Å². The van der Waals surface area contributed by atoms with Gasteiger partial charge in [-0.1, -0.05) is 0 Å². The van der Waals surface area contributed by atoms with E-state index in [1.165, 1.54) is 6.42 Å². The third-order valence-electron chi connectivity index (χ3n) is 3.35. The summed E-state index contributed by atoms with van der Waals surface area (Å²) in [6.45, 7) is 1.38. The van der Waals surface area contributed by atoms with Crippen molar-refractivity contribution in [3.05, 3.63) is 22.4 Å². The minimum Gasteiger partial charge on any atom is -0.345 e. The fraction of sp³-hybridized carbons (Fsp3) is 0.583. The van der Waals surface area contributed by atoms with Crippen LogP contribution in [0.15, 0.2) is 16.7 Å². The smallest absolute Gasteiger partial charge is 0.270 e. The molecule has 1 aromatic heterocycles. The summed E-state index contributed by atoms with van der Waals surface area (Å²) in [6.07, 6.45) is 5.17. The second kappa shape index (κ2) is 5.23. The average molecular weight is 300 g/mol. The highest BCUT2D eigenvalue weighted by Crippen LogP contribution is 2.21. The van der Waals surface area contributed by atoms with Crippen LogP contribution < -0.4 is 5.73 Å². The molecule has 0 bridgehead atoms. The van der Waals surface area contributed by atoms with Crippen LogP contribution in [0.1, 0.15) is 29.8 Å². The summed E-state index contributed by atoms with van der Waals surface area (Å²) in [5.74, 6) is 0.0911. The number of nitrogens with zero attached hydrogens (tertiary/aromatic N) is 2. The number of aromatic nitrogens is 1. The van der Waals surface area contributed by atoms with E-state index in [4.69, 9.17) is 5.73 Å². The predicted octanol–water partition coefficient (Wildman–Crippen LogP) is 1.74. The standard InChI is InChI=1S/C12H18BrN3O/c1-15-8-9(13)6-11(15)12(17)16-5-3-2-4-10(16)7-14/h6,8,10H,2-5,7,14H2,1H3/t10-/m1/s1. The van der Waals surface area contributed by atoms with Crippen molar-refractivity contribution < 1.29 is 4.79 Å². The van der Waals surface area contributed by atoms with Crippen molar-refractivity contribution in [1.29, 1.82) is 0 Å². The Morgan fingerprint density at radius 3 is 2.94 bits per heavy atom. The molecule has 0 radical (unpaired) electrons. The maximum atomic E-state index is 12.4. The van der Waals surface area contributed by atoms with Gasteiger partial charge in [-0.3, -0.25) is 4.79 Å². The highest BCUT2D eigenvalue weighted by Gasteiger charge is 2.27. The van der Waals surface area contributed by atoms with Gasteiger partial charge in [0.05, 0.1) is 0 Å². The minimum absolute atomic E-state index is 0.0911. The van der Waals surface area contributed by atoms with Crippen LogP contribution in [0.25, 0.3) is 0 Å². The number of piperidine rings is 1. The molecule has 2 heterocycles. The van der Waals surface area contributed by atoms with Crippen molar-refractivity contribution in [2.75, 3.05) is 13.1 Å². The van der Waals surface area contributed by atoms with Crippen LogP contribution in [0, 0.1) is 0 Å². The summed E-state index contributed by atoms with van der Waals surface area (Å²) < 4.78 is 2.79. The molecule has 2 rings (SSSR count). The molecule has 1 aliphatic heterocycles. The zero-order valence-electron chi connectivity index (χ0n) is 10.0. The monoisotopic (exact) mass is 299 g/mol. The van der Waals surface area contributed by atoms with Gasteiger partial charge >= 0.3 is 0 Å². The number of nitrogens with two attached hydrogens (primary N) is 1. The highest BCUT2D eigenvalue weighted by atomic mass is 79.9. The van der Waals surface area contributed by atoms with E-state index in [1.807, 2.05) is 28.8 Å². The largest absolute Gasteiger partial charge is 0.345 e. The van der Waals surface area contributed by atoms with Crippen molar-refractivity contribution >= 4 is 21.8 Å². The molecule has 2 N–H and O–H groups in total. The molecule has 0 spiro atoms. The van der Waals surface area contributed by atoms with Gasteiger partial charge in [-0.2, -0.15) is 0 Å². The van der Waals surface area contributed by atoms with Gasteiger partial charge in [0.25, 0.3) is 5.91 Å². The Labute approximate surface area is 110 Å². The normalized spacial score (nSPS) is 20.6. The molecule has 1 saturated heterocycles. The maximum Gasteiger partial charge on any atom is 0.270 e. The van der Waals surface area contributed by atoms with Crippen LogP contribution in [0.3, 0.4) is 0 Å². The fourth-order valence-electron chi connectivity index (χ4n) is 2.40. The molecular weight excluding hydrogens is 282 g/mol. The molecule has 0 aliphatic carbocycles. The van der Waals surface area contributed by atoms with Gasteiger partial charge in [0.1, 0.15) is 5.69 Å². The number of hydrogen-bond acceptors (Lipinski definition) is 2. The Balaban J connectivity index is 2.21. The third kappa shape index (κ3) is 2.55. The van der Waals surface area contributed by atoms with Gasteiger partial charge in [0, 0.05) is 36.8 Å². The molecule has 1 amide bonds. The third-order valence-corrected chi connectivity index (χ3v) is 3.78. The number of carbonyl (C=O) groups excluding carboxylic acids is 1. The van der Waals surface area contributed by atoms with Gasteiger partial charge in [-0.05, 0) is 41.3 Å². The van der Waals surface area contributed by atoms with Crippen LogP contribution in [0.4, 0.5) is 0 Å². The molecule has 0 saturated carbocycles. The van der Waals surface area contributed by atoms with Crippen molar-refractivity contribution in [3.8, 4) is 0 Å². The highest BCUT2D eigenvalue weighted by molar-refractivity contribution is 9.10. The Morgan fingerprint density at radius 1 is 1.59 bits per heavy atom. The molecule has 1 aliphatic rings. The minimum atomic E-state index is 0.0911. The zero-order chi connectivity index (χ0) is 12.4. The Morgan fingerprint density at radius 2 is 2.35 bits per heavy atom. The number of aryl methyl sites for hydroxylation is 1. The lowest BCUT2D eigenvalue weighted by molar-refractivity contribution is 0.0613. The van der Waals surface area contributed by atoms with E-state index in [1.54, 1.807) is 0 Å². The maximum absolute atomic E-state index is 12.4. The Kier molecular flexibility index (Phi) is 3.89.